The number of furan rings is 1. The van der Waals surface area contributed by atoms with Crippen LogP contribution < -0.4 is 5.32 Å². The average molecular weight is 286 g/mol. The van der Waals surface area contributed by atoms with E-state index in [0.29, 0.717) is 13.1 Å². The minimum absolute atomic E-state index is 0.0947. The third kappa shape index (κ3) is 4.99. The van der Waals surface area contributed by atoms with Gasteiger partial charge in [-0.15, -0.1) is 0 Å². The molecule has 0 unspecified atom stereocenters. The number of carbonyl (C=O) groups is 1. The third-order valence-corrected chi connectivity index (χ3v) is 2.91. The van der Waals surface area contributed by atoms with Crippen LogP contribution in [-0.2, 0) is 13.1 Å². The molecule has 112 valence electrons. The molecule has 0 atom stereocenters. The molecular weight excluding hydrogens is 264 g/mol. The first-order valence-electron chi connectivity index (χ1n) is 7.07. The van der Waals surface area contributed by atoms with Gasteiger partial charge in [0.05, 0.1) is 12.8 Å². The van der Waals surface area contributed by atoms with Crippen LogP contribution in [0.1, 0.15) is 32.1 Å². The van der Waals surface area contributed by atoms with E-state index in [2.05, 4.69) is 5.32 Å². The largest absolute Gasteiger partial charge is 0.467 e. The number of hydrogen-bond acceptors (Lipinski definition) is 2. The van der Waals surface area contributed by atoms with Crippen molar-refractivity contribution in [1.29, 1.82) is 0 Å². The molecule has 1 aromatic heterocycles. The lowest BCUT2D eigenvalue weighted by Crippen LogP contribution is -2.47. The molecule has 1 heterocycles. The topological polar surface area (TPSA) is 45.5 Å². The number of urea groups is 1. The molecule has 0 aliphatic carbocycles. The van der Waals surface area contributed by atoms with Crippen LogP contribution in [0.2, 0.25) is 0 Å². The summed E-state index contributed by atoms with van der Waals surface area (Å²) in [5.41, 5.74) is 0.822. The van der Waals surface area contributed by atoms with E-state index < -0.39 is 0 Å². The van der Waals surface area contributed by atoms with Gasteiger partial charge in [-0.3, -0.25) is 0 Å². The van der Waals surface area contributed by atoms with Gasteiger partial charge >= 0.3 is 6.03 Å². The Hall–Kier alpha value is -2.23. The van der Waals surface area contributed by atoms with Crippen LogP contribution >= 0.6 is 0 Å². The smallest absolute Gasteiger partial charge is 0.318 e. The molecule has 2 amide bonds. The Kier molecular flexibility index (Phi) is 4.68. The van der Waals surface area contributed by atoms with E-state index in [4.69, 9.17) is 4.42 Å². The standard InChI is InChI=1S/C17H22N2O2/c1-17(2,3)18-16(20)19(13-15-10-7-11-21-15)12-14-8-5-4-6-9-14/h4-11H,12-13H2,1-3H3,(H,18,20). The molecule has 0 aliphatic rings. The van der Waals surface area contributed by atoms with Crippen LogP contribution in [0.3, 0.4) is 0 Å². The molecule has 0 radical (unpaired) electrons. The van der Waals surface area contributed by atoms with Crippen LogP contribution in [0, 0.1) is 0 Å². The molecule has 0 spiro atoms. The molecule has 21 heavy (non-hydrogen) atoms. The molecule has 2 aromatic rings. The van der Waals surface area contributed by atoms with Crippen molar-refractivity contribution in [2.75, 3.05) is 0 Å². The minimum Gasteiger partial charge on any atom is -0.467 e. The van der Waals surface area contributed by atoms with E-state index in [1.165, 1.54) is 0 Å². The van der Waals surface area contributed by atoms with Crippen molar-refractivity contribution in [3.63, 3.8) is 0 Å². The first-order chi connectivity index (χ1) is 9.94. The lowest BCUT2D eigenvalue weighted by atomic mass is 10.1. The summed E-state index contributed by atoms with van der Waals surface area (Å²) in [6.45, 7) is 6.91. The molecule has 1 N–H and O–H groups in total. The highest BCUT2D eigenvalue weighted by Gasteiger charge is 2.20. The number of nitrogens with zero attached hydrogens (tertiary/aromatic N) is 1. The van der Waals surface area contributed by atoms with E-state index in [0.717, 1.165) is 11.3 Å². The summed E-state index contributed by atoms with van der Waals surface area (Å²) in [4.78, 5) is 14.2. The van der Waals surface area contributed by atoms with Crippen molar-refractivity contribution in [1.82, 2.24) is 10.2 Å². The highest BCUT2D eigenvalue weighted by atomic mass is 16.3. The molecule has 2 rings (SSSR count). The van der Waals surface area contributed by atoms with Gasteiger partial charge in [0.2, 0.25) is 0 Å². The fourth-order valence-corrected chi connectivity index (χ4v) is 1.99. The van der Waals surface area contributed by atoms with Crippen LogP contribution in [0.25, 0.3) is 0 Å². The number of rotatable bonds is 4. The number of hydrogen-bond donors (Lipinski definition) is 1. The highest BCUT2D eigenvalue weighted by Crippen LogP contribution is 2.12. The first-order valence-corrected chi connectivity index (χ1v) is 7.07. The monoisotopic (exact) mass is 286 g/mol. The first kappa shape index (κ1) is 15.2. The van der Waals surface area contributed by atoms with Gasteiger partial charge in [0.15, 0.2) is 0 Å². The minimum atomic E-state index is -0.269. The summed E-state index contributed by atoms with van der Waals surface area (Å²) in [5, 5.41) is 3.00. The molecular formula is C17H22N2O2. The maximum absolute atomic E-state index is 12.5. The van der Waals surface area contributed by atoms with E-state index in [9.17, 15) is 4.79 Å². The van der Waals surface area contributed by atoms with E-state index in [1.807, 2.05) is 63.2 Å². The number of benzene rings is 1. The SMILES string of the molecule is CC(C)(C)NC(=O)N(Cc1ccccc1)Cc1ccco1. The number of amides is 2. The molecule has 1 aromatic carbocycles. The average Bonchev–Trinajstić information content (AvgIpc) is 2.90. The molecule has 4 nitrogen and oxygen atoms in total. The molecule has 0 saturated carbocycles. The fourth-order valence-electron chi connectivity index (χ4n) is 1.99. The van der Waals surface area contributed by atoms with Crippen molar-refractivity contribution in [3.05, 3.63) is 60.1 Å². The molecule has 0 bridgehead atoms. The molecule has 0 saturated heterocycles. The molecule has 0 fully saturated rings. The maximum atomic E-state index is 12.5. The zero-order valence-electron chi connectivity index (χ0n) is 12.8. The Morgan fingerprint density at radius 2 is 1.81 bits per heavy atom. The van der Waals surface area contributed by atoms with Crippen LogP contribution in [0.15, 0.2) is 53.1 Å². The summed E-state index contributed by atoms with van der Waals surface area (Å²) in [5.74, 6) is 0.773. The van der Waals surface area contributed by atoms with Crippen molar-refractivity contribution in [3.8, 4) is 0 Å². The van der Waals surface area contributed by atoms with E-state index in [1.54, 1.807) is 11.2 Å². The third-order valence-electron chi connectivity index (χ3n) is 2.91. The van der Waals surface area contributed by atoms with Gasteiger partial charge < -0.3 is 14.6 Å². The summed E-state index contributed by atoms with van der Waals surface area (Å²) in [6.07, 6.45) is 1.62. The summed E-state index contributed by atoms with van der Waals surface area (Å²) >= 11 is 0. The zero-order chi connectivity index (χ0) is 15.3. The molecule has 4 heteroatoms. The second-order valence-electron chi connectivity index (χ2n) is 6.10. The molecule has 0 aliphatic heterocycles. The predicted octanol–water partition coefficient (Wildman–Crippen LogP) is 3.79. The lowest BCUT2D eigenvalue weighted by Gasteiger charge is -2.28. The maximum Gasteiger partial charge on any atom is 0.318 e. The second kappa shape index (κ2) is 6.48. The summed E-state index contributed by atoms with van der Waals surface area (Å²) in [7, 11) is 0. The van der Waals surface area contributed by atoms with Crippen molar-refractivity contribution in [2.24, 2.45) is 0 Å². The van der Waals surface area contributed by atoms with Gasteiger partial charge in [0.1, 0.15) is 5.76 Å². The Balaban J connectivity index is 2.11. The van der Waals surface area contributed by atoms with Crippen LogP contribution in [0.4, 0.5) is 4.79 Å². The van der Waals surface area contributed by atoms with Gasteiger partial charge in [-0.05, 0) is 38.5 Å². The van der Waals surface area contributed by atoms with Gasteiger partial charge in [-0.1, -0.05) is 30.3 Å². The van der Waals surface area contributed by atoms with Crippen molar-refractivity contribution >= 4 is 6.03 Å². The Labute approximate surface area is 125 Å². The van der Waals surface area contributed by atoms with Crippen molar-refractivity contribution < 1.29 is 9.21 Å². The fraction of sp³-hybridized carbons (Fsp3) is 0.353. The predicted molar refractivity (Wildman–Crippen MR) is 82.7 cm³/mol. The van der Waals surface area contributed by atoms with Crippen LogP contribution in [0.5, 0.6) is 0 Å². The van der Waals surface area contributed by atoms with Gasteiger partial charge in [-0.25, -0.2) is 4.79 Å². The van der Waals surface area contributed by atoms with Crippen molar-refractivity contribution in [2.45, 2.75) is 39.4 Å². The normalized spacial score (nSPS) is 11.2. The summed E-state index contributed by atoms with van der Waals surface area (Å²) in [6, 6.07) is 13.6. The zero-order valence-corrected chi connectivity index (χ0v) is 12.8. The van der Waals surface area contributed by atoms with E-state index in [-0.39, 0.29) is 11.6 Å². The number of nitrogens with one attached hydrogen (secondary N) is 1. The Morgan fingerprint density at radius 1 is 1.10 bits per heavy atom. The van der Waals surface area contributed by atoms with Gasteiger partial charge in [-0.2, -0.15) is 0 Å². The van der Waals surface area contributed by atoms with Crippen LogP contribution in [-0.4, -0.2) is 16.5 Å². The quantitative estimate of drug-likeness (QED) is 0.929. The Bertz CT molecular complexity index is 556. The summed E-state index contributed by atoms with van der Waals surface area (Å²) < 4.78 is 5.36. The Morgan fingerprint density at radius 3 is 2.38 bits per heavy atom. The highest BCUT2D eigenvalue weighted by molar-refractivity contribution is 5.74. The number of carbonyl (C=O) groups excluding carboxylic acids is 1. The van der Waals surface area contributed by atoms with Gasteiger partial charge in [0, 0.05) is 12.1 Å². The van der Waals surface area contributed by atoms with Gasteiger partial charge in [0.25, 0.3) is 0 Å². The lowest BCUT2D eigenvalue weighted by molar-refractivity contribution is 0.178. The second-order valence-corrected chi connectivity index (χ2v) is 6.10. The van der Waals surface area contributed by atoms with E-state index >= 15 is 0 Å².